The van der Waals surface area contributed by atoms with Gasteiger partial charge in [-0.15, -0.1) is 0 Å². The molecule has 0 radical (unpaired) electrons. The van der Waals surface area contributed by atoms with Crippen LogP contribution in [0.4, 0.5) is 5.69 Å². The number of aromatic nitrogens is 3. The Bertz CT molecular complexity index is 720. The lowest BCUT2D eigenvalue weighted by molar-refractivity contribution is 0.414. The lowest BCUT2D eigenvalue weighted by Crippen LogP contribution is -1.95. The molecule has 2 N–H and O–H groups in total. The average molecular weight is 254 g/mol. The van der Waals surface area contributed by atoms with Crippen molar-refractivity contribution in [1.29, 1.82) is 0 Å². The molecule has 0 aliphatic heterocycles. The van der Waals surface area contributed by atoms with Gasteiger partial charge in [0.05, 0.1) is 30.9 Å². The van der Waals surface area contributed by atoms with Gasteiger partial charge < -0.3 is 10.5 Å². The van der Waals surface area contributed by atoms with Gasteiger partial charge in [0.2, 0.25) is 0 Å². The molecule has 0 unspecified atom stereocenters. The number of hydrogen-bond donors (Lipinski definition) is 1. The van der Waals surface area contributed by atoms with Crippen molar-refractivity contribution in [3.63, 3.8) is 0 Å². The topological polar surface area (TPSA) is 65.4 Å². The van der Waals surface area contributed by atoms with Crippen LogP contribution in [0.1, 0.15) is 11.3 Å². The second-order valence-electron chi connectivity index (χ2n) is 4.35. The molecule has 19 heavy (non-hydrogen) atoms. The van der Waals surface area contributed by atoms with Crippen LogP contribution < -0.4 is 10.5 Å². The summed E-state index contributed by atoms with van der Waals surface area (Å²) >= 11 is 0. The van der Waals surface area contributed by atoms with Gasteiger partial charge in [-0.3, -0.25) is 0 Å². The Morgan fingerprint density at radius 1 is 1.32 bits per heavy atom. The quantitative estimate of drug-likeness (QED) is 0.775. The summed E-state index contributed by atoms with van der Waals surface area (Å²) in [4.78, 5) is 4.23. The van der Waals surface area contributed by atoms with Crippen LogP contribution in [-0.4, -0.2) is 21.7 Å². The van der Waals surface area contributed by atoms with Crippen LogP contribution >= 0.6 is 0 Å². The first kappa shape index (κ1) is 11.5. The number of rotatable bonds is 3. The van der Waals surface area contributed by atoms with E-state index in [2.05, 4.69) is 10.1 Å². The summed E-state index contributed by atoms with van der Waals surface area (Å²) in [6.07, 6.45) is 4.13. The lowest BCUT2D eigenvalue weighted by Gasteiger charge is -2.02. The number of nitrogens with zero attached hydrogens (tertiary/aromatic N) is 3. The van der Waals surface area contributed by atoms with E-state index in [9.17, 15) is 0 Å². The Morgan fingerprint density at radius 3 is 3.05 bits per heavy atom. The maximum absolute atomic E-state index is 5.68. The molecule has 0 amide bonds. The molecular formula is C14H14N4O. The van der Waals surface area contributed by atoms with Gasteiger partial charge in [0, 0.05) is 12.5 Å². The number of methoxy groups -OCH3 is 1. The molecule has 0 bridgehead atoms. The number of ether oxygens (including phenoxy) is 1. The van der Waals surface area contributed by atoms with E-state index in [1.165, 1.54) is 0 Å². The lowest BCUT2D eigenvalue weighted by atomic mass is 10.1. The number of nitrogen functional groups attached to an aromatic ring is 1. The zero-order valence-electron chi connectivity index (χ0n) is 10.6. The molecule has 0 saturated heterocycles. The van der Waals surface area contributed by atoms with Crippen molar-refractivity contribution in [3.05, 3.63) is 54.0 Å². The minimum atomic E-state index is 0.600. The molecule has 3 rings (SSSR count). The van der Waals surface area contributed by atoms with Crippen molar-refractivity contribution in [2.45, 2.75) is 6.42 Å². The van der Waals surface area contributed by atoms with Crippen molar-refractivity contribution < 1.29 is 4.74 Å². The Hall–Kier alpha value is -2.56. The molecule has 2 aromatic heterocycles. The number of hydrogen-bond acceptors (Lipinski definition) is 4. The Kier molecular flexibility index (Phi) is 2.79. The molecule has 2 heterocycles. The summed E-state index contributed by atoms with van der Waals surface area (Å²) in [6.45, 7) is 0. The minimum Gasteiger partial charge on any atom is -0.497 e. The first-order chi connectivity index (χ1) is 9.24. The van der Waals surface area contributed by atoms with E-state index in [1.807, 2.05) is 30.3 Å². The number of benzene rings is 1. The van der Waals surface area contributed by atoms with Crippen molar-refractivity contribution >= 4 is 11.3 Å². The van der Waals surface area contributed by atoms with E-state index in [0.29, 0.717) is 5.69 Å². The highest BCUT2D eigenvalue weighted by atomic mass is 16.5. The summed E-state index contributed by atoms with van der Waals surface area (Å²) in [5.74, 6) is 0.851. The third-order valence-electron chi connectivity index (χ3n) is 2.90. The predicted molar refractivity (Wildman–Crippen MR) is 73.2 cm³/mol. The largest absolute Gasteiger partial charge is 0.497 e. The van der Waals surface area contributed by atoms with Gasteiger partial charge in [0.15, 0.2) is 5.65 Å². The van der Waals surface area contributed by atoms with E-state index >= 15 is 0 Å². The molecule has 0 spiro atoms. The Morgan fingerprint density at radius 2 is 2.21 bits per heavy atom. The van der Waals surface area contributed by atoms with E-state index in [4.69, 9.17) is 10.5 Å². The van der Waals surface area contributed by atoms with Gasteiger partial charge in [0.25, 0.3) is 0 Å². The fraction of sp³-hybridized carbons (Fsp3) is 0.143. The number of anilines is 1. The molecule has 0 aliphatic rings. The monoisotopic (exact) mass is 254 g/mol. The van der Waals surface area contributed by atoms with Crippen molar-refractivity contribution in [1.82, 2.24) is 14.6 Å². The van der Waals surface area contributed by atoms with Crippen LogP contribution in [-0.2, 0) is 6.42 Å². The smallest absolute Gasteiger partial charge is 0.155 e. The van der Waals surface area contributed by atoms with E-state index in [-0.39, 0.29) is 0 Å². The Balaban J connectivity index is 1.92. The molecular weight excluding hydrogens is 240 g/mol. The maximum Gasteiger partial charge on any atom is 0.155 e. The van der Waals surface area contributed by atoms with Crippen molar-refractivity contribution in [2.75, 3.05) is 12.8 Å². The van der Waals surface area contributed by atoms with E-state index in [1.54, 1.807) is 24.0 Å². The number of nitrogens with two attached hydrogens (primary N) is 1. The summed E-state index contributed by atoms with van der Waals surface area (Å²) in [5, 5.41) is 4.46. The zero-order chi connectivity index (χ0) is 13.2. The molecule has 0 atom stereocenters. The van der Waals surface area contributed by atoms with Crippen molar-refractivity contribution in [3.8, 4) is 5.75 Å². The fourth-order valence-corrected chi connectivity index (χ4v) is 2.02. The highest BCUT2D eigenvalue weighted by molar-refractivity contribution is 5.45. The molecule has 1 aromatic carbocycles. The summed E-state index contributed by atoms with van der Waals surface area (Å²) in [6, 6.07) is 9.91. The van der Waals surface area contributed by atoms with Crippen molar-refractivity contribution in [2.24, 2.45) is 0 Å². The summed E-state index contributed by atoms with van der Waals surface area (Å²) < 4.78 is 6.91. The van der Waals surface area contributed by atoms with Gasteiger partial charge in [-0.25, -0.2) is 9.50 Å². The van der Waals surface area contributed by atoms with Crippen LogP contribution in [0, 0.1) is 0 Å². The van der Waals surface area contributed by atoms with E-state index in [0.717, 1.165) is 29.1 Å². The molecule has 0 fully saturated rings. The normalized spacial score (nSPS) is 10.8. The standard InChI is InChI=1S/C14H14N4O/c1-19-13-4-2-3-10(6-13)5-12-7-14-16-8-11(15)9-18(14)17-12/h2-4,6-9H,5,15H2,1H3. The van der Waals surface area contributed by atoms with E-state index < -0.39 is 0 Å². The molecule has 96 valence electrons. The second-order valence-corrected chi connectivity index (χ2v) is 4.35. The van der Waals surface area contributed by atoms with Gasteiger partial charge in [-0.05, 0) is 17.7 Å². The maximum atomic E-state index is 5.68. The summed E-state index contributed by atoms with van der Waals surface area (Å²) in [7, 11) is 1.66. The van der Waals surface area contributed by atoms with Crippen LogP contribution in [0.2, 0.25) is 0 Å². The fourth-order valence-electron chi connectivity index (χ4n) is 2.02. The highest BCUT2D eigenvalue weighted by Crippen LogP contribution is 2.16. The summed E-state index contributed by atoms with van der Waals surface area (Å²) in [5.41, 5.74) is 9.18. The first-order valence-electron chi connectivity index (χ1n) is 5.97. The molecule has 0 saturated carbocycles. The van der Waals surface area contributed by atoms with Gasteiger partial charge in [0.1, 0.15) is 5.75 Å². The second kappa shape index (κ2) is 4.61. The molecule has 5 nitrogen and oxygen atoms in total. The van der Waals surface area contributed by atoms with Gasteiger partial charge in [-0.2, -0.15) is 5.10 Å². The molecule has 3 aromatic rings. The third kappa shape index (κ3) is 2.35. The first-order valence-corrected chi connectivity index (χ1v) is 5.97. The van der Waals surface area contributed by atoms with Crippen LogP contribution in [0.5, 0.6) is 5.75 Å². The van der Waals surface area contributed by atoms with Gasteiger partial charge in [-0.1, -0.05) is 12.1 Å². The zero-order valence-corrected chi connectivity index (χ0v) is 10.6. The molecule has 0 aliphatic carbocycles. The van der Waals surface area contributed by atoms with Crippen LogP contribution in [0.3, 0.4) is 0 Å². The van der Waals surface area contributed by atoms with Crippen LogP contribution in [0.25, 0.3) is 5.65 Å². The number of fused-ring (bicyclic) bond motifs is 1. The van der Waals surface area contributed by atoms with Gasteiger partial charge >= 0.3 is 0 Å². The SMILES string of the molecule is COc1cccc(Cc2cc3ncc(N)cn3n2)c1. The molecule has 5 heteroatoms. The minimum absolute atomic E-state index is 0.600. The average Bonchev–Trinajstić information content (AvgIpc) is 2.80. The highest BCUT2D eigenvalue weighted by Gasteiger charge is 2.05. The Labute approximate surface area is 110 Å². The van der Waals surface area contributed by atoms with Crippen LogP contribution in [0.15, 0.2) is 42.7 Å². The third-order valence-corrected chi connectivity index (χ3v) is 2.90. The predicted octanol–water partition coefficient (Wildman–Crippen LogP) is 1.91.